The van der Waals surface area contributed by atoms with Crippen molar-refractivity contribution in [3.8, 4) is 11.6 Å². The number of pyridine rings is 1. The number of tetrazole rings is 1. The van der Waals surface area contributed by atoms with E-state index in [4.69, 9.17) is 4.74 Å². The number of ether oxygens (including phenoxy) is 1. The summed E-state index contributed by atoms with van der Waals surface area (Å²) in [5, 5.41) is 23.1. The largest absolute Gasteiger partial charge is 0.481 e. The lowest BCUT2D eigenvalue weighted by Crippen LogP contribution is -2.52. The minimum Gasteiger partial charge on any atom is -0.481 e. The summed E-state index contributed by atoms with van der Waals surface area (Å²) in [7, 11) is 1.56. The molecule has 1 N–H and O–H groups in total. The van der Waals surface area contributed by atoms with Crippen LogP contribution in [0.1, 0.15) is 47.4 Å². The van der Waals surface area contributed by atoms with E-state index < -0.39 is 5.60 Å². The number of hydrogen-bond donors (Lipinski definition) is 1. The van der Waals surface area contributed by atoms with Crippen molar-refractivity contribution in [2.45, 2.75) is 50.3 Å². The first-order valence-corrected chi connectivity index (χ1v) is 10.4. The molecule has 4 heterocycles. The Morgan fingerprint density at radius 3 is 2.65 bits per heavy atom. The van der Waals surface area contributed by atoms with Crippen LogP contribution < -0.4 is 4.74 Å². The van der Waals surface area contributed by atoms with Gasteiger partial charge in [0.15, 0.2) is 5.82 Å². The third kappa shape index (κ3) is 3.25. The fourth-order valence-electron chi connectivity index (χ4n) is 5.07. The van der Waals surface area contributed by atoms with Gasteiger partial charge in [-0.15, -0.1) is 5.10 Å². The number of amides is 1. The lowest BCUT2D eigenvalue weighted by Gasteiger charge is -2.44. The highest BCUT2D eigenvalue weighted by atomic mass is 16.5. The zero-order valence-corrected chi connectivity index (χ0v) is 17.5. The predicted molar refractivity (Wildman–Crippen MR) is 111 cm³/mol. The summed E-state index contributed by atoms with van der Waals surface area (Å²) in [6, 6.07) is 10.9. The van der Waals surface area contributed by atoms with Gasteiger partial charge in [0.25, 0.3) is 5.91 Å². The van der Waals surface area contributed by atoms with Crippen LogP contribution >= 0.6 is 0 Å². The van der Waals surface area contributed by atoms with Gasteiger partial charge in [0.1, 0.15) is 0 Å². The molecule has 9 nitrogen and oxygen atoms in total. The Morgan fingerprint density at radius 2 is 1.97 bits per heavy atom. The summed E-state index contributed by atoms with van der Waals surface area (Å²) in [6.45, 7) is 1.81. The monoisotopic (exact) mass is 420 g/mol. The molecular weight excluding hydrogens is 396 g/mol. The summed E-state index contributed by atoms with van der Waals surface area (Å²) in [5.41, 5.74) is 0.966. The quantitative estimate of drug-likeness (QED) is 0.688. The van der Waals surface area contributed by atoms with E-state index in [0.29, 0.717) is 35.7 Å². The molecule has 2 atom stereocenters. The van der Waals surface area contributed by atoms with Crippen molar-refractivity contribution >= 4 is 5.91 Å². The Morgan fingerprint density at radius 1 is 1.19 bits per heavy atom. The topological polar surface area (TPSA) is 106 Å². The molecule has 1 aromatic carbocycles. The molecule has 0 aliphatic carbocycles. The molecule has 2 saturated heterocycles. The second kappa shape index (κ2) is 7.42. The van der Waals surface area contributed by atoms with Crippen LogP contribution in [0.15, 0.2) is 42.6 Å². The molecule has 1 amide bonds. The summed E-state index contributed by atoms with van der Waals surface area (Å²) >= 11 is 0. The number of fused-ring (bicyclic) bond motifs is 2. The molecule has 0 spiro atoms. The molecule has 3 aromatic rings. The minimum absolute atomic E-state index is 0.0275. The molecule has 2 aliphatic rings. The van der Waals surface area contributed by atoms with Crippen molar-refractivity contribution in [1.82, 2.24) is 30.1 Å². The highest BCUT2D eigenvalue weighted by molar-refractivity contribution is 5.95. The number of piperidine rings is 1. The predicted octanol–water partition coefficient (Wildman–Crippen LogP) is 2.03. The van der Waals surface area contributed by atoms with Crippen LogP contribution in [0, 0.1) is 6.92 Å². The number of methoxy groups -OCH3 is 1. The molecule has 0 unspecified atom stereocenters. The molecule has 31 heavy (non-hydrogen) atoms. The number of nitrogens with zero attached hydrogens (tertiary/aromatic N) is 6. The summed E-state index contributed by atoms with van der Waals surface area (Å²) < 4.78 is 6.99. The highest BCUT2D eigenvalue weighted by Crippen LogP contribution is 2.47. The standard InChI is InChI=1S/C22H24N6O3/c1-14-24-25-26-28(14)16-6-3-5-15(11-16)21(29)27-17-8-9-18(27)13-22(30,12-17)19-7-4-10-23-20(19)31-2/h3-7,10-11,17-18,30H,8-9,12-13H2,1-2H3/t17-,18-/m0/s1. The first-order valence-electron chi connectivity index (χ1n) is 10.4. The molecular formula is C22H24N6O3. The maximum Gasteiger partial charge on any atom is 0.254 e. The number of benzene rings is 1. The second-order valence-electron chi connectivity index (χ2n) is 8.29. The van der Waals surface area contributed by atoms with Crippen LogP contribution in [0.3, 0.4) is 0 Å². The lowest BCUT2D eigenvalue weighted by atomic mass is 9.80. The Hall–Kier alpha value is -3.33. The van der Waals surface area contributed by atoms with E-state index in [1.807, 2.05) is 48.2 Å². The fraction of sp³-hybridized carbons (Fsp3) is 0.409. The van der Waals surface area contributed by atoms with Crippen molar-refractivity contribution < 1.29 is 14.6 Å². The van der Waals surface area contributed by atoms with Gasteiger partial charge < -0.3 is 14.7 Å². The Labute approximate surface area is 179 Å². The molecule has 9 heteroatoms. The van der Waals surface area contributed by atoms with E-state index in [-0.39, 0.29) is 18.0 Å². The molecule has 2 aliphatic heterocycles. The van der Waals surface area contributed by atoms with Gasteiger partial charge in [-0.05, 0) is 60.5 Å². The summed E-state index contributed by atoms with van der Waals surface area (Å²) in [6.07, 6.45) is 4.31. The Kier molecular flexibility index (Phi) is 4.70. The van der Waals surface area contributed by atoms with E-state index in [1.54, 1.807) is 18.0 Å². The molecule has 2 aromatic heterocycles. The van der Waals surface area contributed by atoms with Crippen LogP contribution in [-0.2, 0) is 5.60 Å². The average molecular weight is 420 g/mol. The van der Waals surface area contributed by atoms with Gasteiger partial charge in [-0.2, -0.15) is 4.68 Å². The Balaban J connectivity index is 1.42. The summed E-state index contributed by atoms with van der Waals surface area (Å²) in [4.78, 5) is 19.7. The second-order valence-corrected chi connectivity index (χ2v) is 8.29. The minimum atomic E-state index is -1.06. The number of aryl methyl sites for hydroxylation is 1. The smallest absolute Gasteiger partial charge is 0.254 e. The van der Waals surface area contributed by atoms with E-state index in [9.17, 15) is 9.90 Å². The third-order valence-electron chi connectivity index (χ3n) is 6.43. The molecule has 2 bridgehead atoms. The molecule has 2 fully saturated rings. The maximum atomic E-state index is 13.5. The lowest BCUT2D eigenvalue weighted by molar-refractivity contribution is -0.0494. The average Bonchev–Trinajstić information content (AvgIpc) is 3.34. The van der Waals surface area contributed by atoms with Gasteiger partial charge in [0.2, 0.25) is 5.88 Å². The number of hydrogen-bond acceptors (Lipinski definition) is 7. The first-order chi connectivity index (χ1) is 15.0. The van der Waals surface area contributed by atoms with Crippen molar-refractivity contribution in [2.24, 2.45) is 0 Å². The molecule has 0 radical (unpaired) electrons. The van der Waals surface area contributed by atoms with Crippen LogP contribution in [-0.4, -0.2) is 60.3 Å². The van der Waals surface area contributed by atoms with Crippen molar-refractivity contribution in [3.05, 3.63) is 59.5 Å². The van der Waals surface area contributed by atoms with Crippen molar-refractivity contribution in [1.29, 1.82) is 0 Å². The Bertz CT molecular complexity index is 1120. The van der Waals surface area contributed by atoms with Gasteiger partial charge in [0.05, 0.1) is 18.4 Å². The van der Waals surface area contributed by atoms with E-state index in [2.05, 4.69) is 20.5 Å². The number of carbonyl (C=O) groups excluding carboxylic acids is 1. The first kappa shape index (κ1) is 19.6. The van der Waals surface area contributed by atoms with E-state index in [1.165, 1.54) is 0 Å². The van der Waals surface area contributed by atoms with E-state index >= 15 is 0 Å². The van der Waals surface area contributed by atoms with Gasteiger partial charge in [-0.25, -0.2) is 4.98 Å². The van der Waals surface area contributed by atoms with Gasteiger partial charge in [-0.3, -0.25) is 4.79 Å². The highest BCUT2D eigenvalue weighted by Gasteiger charge is 2.51. The number of rotatable bonds is 4. The number of aromatic nitrogens is 5. The van der Waals surface area contributed by atoms with Crippen molar-refractivity contribution in [2.75, 3.05) is 7.11 Å². The number of carbonyl (C=O) groups is 1. The summed E-state index contributed by atoms with van der Waals surface area (Å²) in [5.74, 6) is 1.06. The van der Waals surface area contributed by atoms with Gasteiger partial charge >= 0.3 is 0 Å². The maximum absolute atomic E-state index is 13.5. The van der Waals surface area contributed by atoms with Crippen molar-refractivity contribution in [3.63, 3.8) is 0 Å². The van der Waals surface area contributed by atoms with Gasteiger partial charge in [0, 0.05) is 42.2 Å². The van der Waals surface area contributed by atoms with Gasteiger partial charge in [-0.1, -0.05) is 6.07 Å². The molecule has 0 saturated carbocycles. The van der Waals surface area contributed by atoms with Crippen LogP contribution in [0.5, 0.6) is 5.88 Å². The zero-order valence-electron chi connectivity index (χ0n) is 17.5. The molecule has 5 rings (SSSR count). The third-order valence-corrected chi connectivity index (χ3v) is 6.43. The normalized spacial score (nSPS) is 24.9. The fourth-order valence-corrected chi connectivity index (χ4v) is 5.07. The van der Waals surface area contributed by atoms with Crippen LogP contribution in [0.4, 0.5) is 0 Å². The van der Waals surface area contributed by atoms with Crippen LogP contribution in [0.2, 0.25) is 0 Å². The van der Waals surface area contributed by atoms with E-state index in [0.717, 1.165) is 18.5 Å². The SMILES string of the molecule is COc1ncccc1C1(O)C[C@@H]2CC[C@@H](C1)N2C(=O)c1cccc(-n2nnnc2C)c1. The zero-order chi connectivity index (χ0) is 21.6. The number of aliphatic hydroxyl groups is 1. The van der Waals surface area contributed by atoms with Crippen LogP contribution in [0.25, 0.3) is 5.69 Å². The molecule has 160 valence electrons.